The number of benzene rings is 1. The zero-order valence-electron chi connectivity index (χ0n) is 9.88. The lowest BCUT2D eigenvalue weighted by molar-refractivity contribution is 0.312. The van der Waals surface area contributed by atoms with Crippen molar-refractivity contribution in [1.82, 2.24) is 0 Å². The van der Waals surface area contributed by atoms with Crippen molar-refractivity contribution in [1.29, 1.82) is 0 Å². The molecule has 0 fully saturated rings. The van der Waals surface area contributed by atoms with Crippen LogP contribution in [0.15, 0.2) is 12.1 Å². The number of hydrogen-bond donors (Lipinski definition) is 2. The number of rotatable bonds is 4. The fourth-order valence-corrected chi connectivity index (χ4v) is 2.01. The third kappa shape index (κ3) is 2.23. The summed E-state index contributed by atoms with van der Waals surface area (Å²) in [6, 6.07) is 4.05. The number of nitrogens with two attached hydrogens (primary N) is 1. The van der Waals surface area contributed by atoms with E-state index in [0.29, 0.717) is 0 Å². The fourth-order valence-electron chi connectivity index (χ4n) is 2.01. The minimum absolute atomic E-state index is 0.740. The van der Waals surface area contributed by atoms with Crippen LogP contribution in [0.25, 0.3) is 0 Å². The van der Waals surface area contributed by atoms with Gasteiger partial charge >= 0.3 is 0 Å². The van der Waals surface area contributed by atoms with E-state index in [0.717, 1.165) is 49.5 Å². The first kappa shape index (κ1) is 11.1. The zero-order chi connectivity index (χ0) is 11.4. The Morgan fingerprint density at radius 3 is 3.12 bits per heavy atom. The molecule has 1 aromatic rings. The molecule has 1 aliphatic rings. The van der Waals surface area contributed by atoms with Gasteiger partial charge in [-0.3, -0.25) is 0 Å². The summed E-state index contributed by atoms with van der Waals surface area (Å²) in [7, 11) is 0. The number of nitrogens with one attached hydrogen (secondary N) is 1. The second-order valence-corrected chi connectivity index (χ2v) is 4.25. The van der Waals surface area contributed by atoms with Crippen LogP contribution in [0.1, 0.15) is 31.7 Å². The maximum absolute atomic E-state index is 5.96. The van der Waals surface area contributed by atoms with E-state index < -0.39 is 0 Å². The quantitative estimate of drug-likeness (QED) is 0.606. The molecule has 0 saturated carbocycles. The summed E-state index contributed by atoms with van der Waals surface area (Å²) in [6.45, 7) is 3.92. The largest absolute Gasteiger partial charge is 0.489 e. The van der Waals surface area contributed by atoms with Gasteiger partial charge in [0.05, 0.1) is 18.0 Å². The molecule has 2 rings (SSSR count). The van der Waals surface area contributed by atoms with Gasteiger partial charge in [0.1, 0.15) is 0 Å². The molecular formula is C13H20N2O. The van der Waals surface area contributed by atoms with Crippen molar-refractivity contribution in [2.45, 2.75) is 32.6 Å². The summed E-state index contributed by atoms with van der Waals surface area (Å²) < 4.78 is 5.79. The molecule has 1 aliphatic heterocycles. The molecule has 1 aromatic carbocycles. The standard InChI is InChI=1S/C13H20N2O/c1-2-3-9-16-13-11(14)7-6-10-5-4-8-15-12(10)13/h6-7,15H,2-5,8-9,14H2,1H3. The molecule has 1 heterocycles. The molecule has 0 aromatic heterocycles. The van der Waals surface area contributed by atoms with Crippen molar-refractivity contribution in [2.75, 3.05) is 24.2 Å². The molecule has 3 heteroatoms. The van der Waals surface area contributed by atoms with Crippen molar-refractivity contribution in [3.05, 3.63) is 17.7 Å². The highest BCUT2D eigenvalue weighted by molar-refractivity contribution is 5.73. The van der Waals surface area contributed by atoms with Crippen molar-refractivity contribution < 1.29 is 4.74 Å². The topological polar surface area (TPSA) is 47.3 Å². The first-order valence-electron chi connectivity index (χ1n) is 6.11. The van der Waals surface area contributed by atoms with Gasteiger partial charge < -0.3 is 15.8 Å². The maximum Gasteiger partial charge on any atom is 0.165 e. The van der Waals surface area contributed by atoms with E-state index in [1.807, 2.05) is 6.07 Å². The third-order valence-corrected chi connectivity index (χ3v) is 2.94. The van der Waals surface area contributed by atoms with Crippen LogP contribution in [0.4, 0.5) is 11.4 Å². The van der Waals surface area contributed by atoms with Gasteiger partial charge in [0.25, 0.3) is 0 Å². The van der Waals surface area contributed by atoms with E-state index in [2.05, 4.69) is 18.3 Å². The minimum Gasteiger partial charge on any atom is -0.489 e. The average molecular weight is 220 g/mol. The predicted octanol–water partition coefficient (Wildman–Crippen LogP) is 2.81. The van der Waals surface area contributed by atoms with Gasteiger partial charge in [-0.15, -0.1) is 0 Å². The Morgan fingerprint density at radius 1 is 1.44 bits per heavy atom. The van der Waals surface area contributed by atoms with E-state index in [1.165, 1.54) is 12.0 Å². The molecule has 0 amide bonds. The molecule has 0 atom stereocenters. The molecule has 88 valence electrons. The molecular weight excluding hydrogens is 200 g/mol. The summed E-state index contributed by atoms with van der Waals surface area (Å²) in [4.78, 5) is 0. The second-order valence-electron chi connectivity index (χ2n) is 4.25. The molecule has 0 bridgehead atoms. The van der Waals surface area contributed by atoms with Crippen molar-refractivity contribution >= 4 is 11.4 Å². The van der Waals surface area contributed by atoms with Gasteiger partial charge in [-0.25, -0.2) is 0 Å². The molecule has 3 nitrogen and oxygen atoms in total. The molecule has 0 aliphatic carbocycles. The molecule has 0 saturated heterocycles. The number of aryl methyl sites for hydroxylation is 1. The van der Waals surface area contributed by atoms with Gasteiger partial charge in [0.15, 0.2) is 5.75 Å². The smallest absolute Gasteiger partial charge is 0.165 e. The van der Waals surface area contributed by atoms with Crippen molar-refractivity contribution in [3.63, 3.8) is 0 Å². The van der Waals surface area contributed by atoms with Gasteiger partial charge in [-0.2, -0.15) is 0 Å². The van der Waals surface area contributed by atoms with Gasteiger partial charge in [0, 0.05) is 6.54 Å². The van der Waals surface area contributed by atoms with E-state index >= 15 is 0 Å². The van der Waals surface area contributed by atoms with E-state index in [4.69, 9.17) is 10.5 Å². The van der Waals surface area contributed by atoms with Crippen LogP contribution >= 0.6 is 0 Å². The van der Waals surface area contributed by atoms with Gasteiger partial charge in [0.2, 0.25) is 0 Å². The lowest BCUT2D eigenvalue weighted by atomic mass is 10.0. The molecule has 0 radical (unpaired) electrons. The Bertz CT molecular complexity index is 363. The molecule has 0 spiro atoms. The SMILES string of the molecule is CCCCOc1c(N)ccc2c1NCCC2. The number of anilines is 2. The maximum atomic E-state index is 5.96. The number of hydrogen-bond acceptors (Lipinski definition) is 3. The Morgan fingerprint density at radius 2 is 2.31 bits per heavy atom. The van der Waals surface area contributed by atoms with E-state index in [9.17, 15) is 0 Å². The van der Waals surface area contributed by atoms with Crippen LogP contribution in [0.3, 0.4) is 0 Å². The summed E-state index contributed by atoms with van der Waals surface area (Å²) >= 11 is 0. The van der Waals surface area contributed by atoms with Crippen LogP contribution in [-0.4, -0.2) is 13.2 Å². The normalized spacial score (nSPS) is 14.1. The average Bonchev–Trinajstić information content (AvgIpc) is 2.32. The Balaban J connectivity index is 2.20. The molecule has 0 unspecified atom stereocenters. The Hall–Kier alpha value is -1.38. The number of nitrogen functional groups attached to an aromatic ring is 1. The van der Waals surface area contributed by atoms with Crippen LogP contribution in [0, 0.1) is 0 Å². The van der Waals surface area contributed by atoms with E-state index in [-0.39, 0.29) is 0 Å². The highest BCUT2D eigenvalue weighted by Crippen LogP contribution is 2.37. The van der Waals surface area contributed by atoms with Crippen LogP contribution in [-0.2, 0) is 6.42 Å². The number of ether oxygens (including phenoxy) is 1. The summed E-state index contributed by atoms with van der Waals surface area (Å²) in [5, 5.41) is 3.39. The highest BCUT2D eigenvalue weighted by atomic mass is 16.5. The predicted molar refractivity (Wildman–Crippen MR) is 68.1 cm³/mol. The summed E-state index contributed by atoms with van der Waals surface area (Å²) in [5.41, 5.74) is 9.14. The van der Waals surface area contributed by atoms with Crippen LogP contribution in [0.2, 0.25) is 0 Å². The van der Waals surface area contributed by atoms with Gasteiger partial charge in [-0.1, -0.05) is 19.4 Å². The Kier molecular flexibility index (Phi) is 3.54. The lowest BCUT2D eigenvalue weighted by Gasteiger charge is -2.22. The van der Waals surface area contributed by atoms with Gasteiger partial charge in [-0.05, 0) is 30.9 Å². The first-order valence-corrected chi connectivity index (χ1v) is 6.11. The highest BCUT2D eigenvalue weighted by Gasteiger charge is 2.15. The minimum atomic E-state index is 0.740. The van der Waals surface area contributed by atoms with Crippen molar-refractivity contribution in [3.8, 4) is 5.75 Å². The zero-order valence-corrected chi connectivity index (χ0v) is 9.88. The second kappa shape index (κ2) is 5.10. The monoisotopic (exact) mass is 220 g/mol. The summed E-state index contributed by atoms with van der Waals surface area (Å²) in [6.07, 6.45) is 4.52. The first-order chi connectivity index (χ1) is 7.83. The van der Waals surface area contributed by atoms with Crippen molar-refractivity contribution in [2.24, 2.45) is 0 Å². The van der Waals surface area contributed by atoms with Crippen LogP contribution < -0.4 is 15.8 Å². The number of fused-ring (bicyclic) bond motifs is 1. The summed E-state index contributed by atoms with van der Waals surface area (Å²) in [5.74, 6) is 0.852. The lowest BCUT2D eigenvalue weighted by Crippen LogP contribution is -2.14. The van der Waals surface area contributed by atoms with Crippen LogP contribution in [0.5, 0.6) is 5.75 Å². The third-order valence-electron chi connectivity index (χ3n) is 2.94. The Labute approximate surface area is 97.0 Å². The number of unbranched alkanes of at least 4 members (excludes halogenated alkanes) is 1. The molecule has 16 heavy (non-hydrogen) atoms. The van der Waals surface area contributed by atoms with E-state index in [1.54, 1.807) is 0 Å². The fraction of sp³-hybridized carbons (Fsp3) is 0.538. The molecule has 3 N–H and O–H groups in total.